The van der Waals surface area contributed by atoms with Gasteiger partial charge in [0.2, 0.25) is 39.6 Å². The Bertz CT molecular complexity index is 2880. The largest absolute Gasteiger partial charge is 0.344 e. The molecule has 0 spiro atoms. The van der Waals surface area contributed by atoms with Gasteiger partial charge >= 0.3 is 0 Å². The van der Waals surface area contributed by atoms with Crippen molar-refractivity contribution in [2.24, 2.45) is 22.7 Å². The SMILES string of the molecule is CC[C@@H](C)C(=O)N[C@H](C(=O)N1CCCC1CN(CCc1ccccc1)C(=O)CCS(=O)(=O)c1ccc2cc(S(=O)(=O)NCC(=O)N(CCc3ccccc3)C[C@@H]3CCCN3C(=O)[C@@H](CC(=O)[C@H](C)NC)C(C)(C)C)ccc2c1)C(C)(C)C. The minimum atomic E-state index is -4.27. The second kappa shape index (κ2) is 28.5. The van der Waals surface area contributed by atoms with Gasteiger partial charge < -0.3 is 30.2 Å². The number of amides is 5. The number of Topliss-reactive ketones (excluding diaryl/α,β-unsaturated/α-hetero) is 1. The number of carbonyl (C=O) groups excluding carboxylic acids is 6. The fourth-order valence-corrected chi connectivity index (χ4v) is 13.1. The number of ketones is 1. The number of hydrogen-bond acceptors (Lipinski definition) is 11. The summed E-state index contributed by atoms with van der Waals surface area (Å²) in [5.41, 5.74) is 0.890. The molecule has 3 N–H and O–H groups in total. The molecule has 0 aromatic heterocycles. The van der Waals surface area contributed by atoms with Crippen molar-refractivity contribution in [2.45, 2.75) is 154 Å². The summed E-state index contributed by atoms with van der Waals surface area (Å²) in [7, 11) is -6.60. The first-order valence-corrected chi connectivity index (χ1v) is 32.3. The maximum Gasteiger partial charge on any atom is 0.246 e. The first kappa shape index (κ1) is 65.1. The van der Waals surface area contributed by atoms with Gasteiger partial charge in [-0.25, -0.2) is 21.6 Å². The Labute approximate surface area is 487 Å². The lowest BCUT2D eigenvalue weighted by Gasteiger charge is -2.37. The predicted octanol–water partition coefficient (Wildman–Crippen LogP) is 7.21. The molecule has 0 aliphatic carbocycles. The van der Waals surface area contributed by atoms with Gasteiger partial charge in [-0.2, -0.15) is 0 Å². The number of fused-ring (bicyclic) bond motifs is 1. The first-order valence-electron chi connectivity index (χ1n) is 29.1. The van der Waals surface area contributed by atoms with Crippen LogP contribution in [0.1, 0.15) is 118 Å². The summed E-state index contributed by atoms with van der Waals surface area (Å²) in [4.78, 5) is 89.9. The summed E-state index contributed by atoms with van der Waals surface area (Å²) in [6.45, 7) is 18.5. The van der Waals surface area contributed by atoms with E-state index >= 15 is 0 Å². The van der Waals surface area contributed by atoms with E-state index < -0.39 is 66.9 Å². The van der Waals surface area contributed by atoms with E-state index in [1.165, 1.54) is 36.4 Å². The molecule has 2 fully saturated rings. The molecule has 1 unspecified atom stereocenters. The van der Waals surface area contributed by atoms with Gasteiger partial charge in [-0.05, 0) is 116 Å². The van der Waals surface area contributed by atoms with Crippen LogP contribution in [0, 0.1) is 22.7 Å². The summed E-state index contributed by atoms with van der Waals surface area (Å²) in [5, 5.41) is 6.87. The highest BCUT2D eigenvalue weighted by Gasteiger charge is 2.43. The minimum Gasteiger partial charge on any atom is -0.344 e. The van der Waals surface area contributed by atoms with Crippen molar-refractivity contribution in [3.8, 4) is 0 Å². The van der Waals surface area contributed by atoms with Gasteiger partial charge in [0, 0.05) is 76.0 Å². The van der Waals surface area contributed by atoms with Crippen molar-refractivity contribution >= 4 is 66.0 Å². The molecule has 17 nitrogen and oxygen atoms in total. The normalized spacial score (nSPS) is 17.5. The lowest BCUT2D eigenvalue weighted by atomic mass is 9.76. The van der Waals surface area contributed by atoms with Crippen LogP contribution in [0.25, 0.3) is 10.8 Å². The van der Waals surface area contributed by atoms with Crippen molar-refractivity contribution in [1.82, 2.24) is 35.0 Å². The summed E-state index contributed by atoms with van der Waals surface area (Å²) in [6.07, 6.45) is 4.12. The van der Waals surface area contributed by atoms with Crippen molar-refractivity contribution in [1.29, 1.82) is 0 Å². The van der Waals surface area contributed by atoms with Gasteiger partial charge in [-0.15, -0.1) is 0 Å². The molecule has 2 heterocycles. The monoisotopic (exact) mass is 1170 g/mol. The second-order valence-electron chi connectivity index (χ2n) is 24.6. The number of sulfonamides is 1. The van der Waals surface area contributed by atoms with Gasteiger partial charge in [0.15, 0.2) is 9.84 Å². The van der Waals surface area contributed by atoms with E-state index in [1.54, 1.807) is 33.6 Å². The van der Waals surface area contributed by atoms with Crippen molar-refractivity contribution in [2.75, 3.05) is 58.6 Å². The van der Waals surface area contributed by atoms with Gasteiger partial charge in [0.05, 0.1) is 28.1 Å². The zero-order valence-corrected chi connectivity index (χ0v) is 51.5. The van der Waals surface area contributed by atoms with Gasteiger partial charge in [-0.3, -0.25) is 28.8 Å². The van der Waals surface area contributed by atoms with Crippen molar-refractivity contribution < 1.29 is 45.6 Å². The highest BCUT2D eigenvalue weighted by atomic mass is 32.2. The summed E-state index contributed by atoms with van der Waals surface area (Å²) >= 11 is 0. The highest BCUT2D eigenvalue weighted by Crippen LogP contribution is 2.34. The number of likely N-dealkylation sites (N-methyl/N-ethyl adjacent to an activating group) is 1. The molecular weight excluding hydrogens is 1080 g/mol. The lowest BCUT2D eigenvalue weighted by Crippen LogP contribution is -2.57. The molecule has 82 heavy (non-hydrogen) atoms. The van der Waals surface area contributed by atoms with Crippen LogP contribution in [0.3, 0.4) is 0 Å². The molecule has 2 aliphatic heterocycles. The van der Waals surface area contributed by atoms with Crippen molar-refractivity contribution in [3.05, 3.63) is 108 Å². The lowest BCUT2D eigenvalue weighted by molar-refractivity contribution is -0.144. The number of hydrogen-bond donors (Lipinski definition) is 3. The van der Waals surface area contributed by atoms with E-state index in [1.807, 2.05) is 116 Å². The van der Waals surface area contributed by atoms with Gasteiger partial charge in [-0.1, -0.05) is 128 Å². The topological polar surface area (TPSA) is 220 Å². The van der Waals surface area contributed by atoms with Crippen LogP contribution in [0.2, 0.25) is 0 Å². The summed E-state index contributed by atoms with van der Waals surface area (Å²) in [6, 6.07) is 26.1. The highest BCUT2D eigenvalue weighted by molar-refractivity contribution is 7.91. The fraction of sp³-hybridized carbons (Fsp3) is 0.556. The molecule has 4 aromatic rings. The number of likely N-dealkylation sites (tertiary alicyclic amines) is 2. The molecule has 19 heteroatoms. The molecule has 6 atom stereocenters. The van der Waals surface area contributed by atoms with E-state index in [0.717, 1.165) is 24.0 Å². The van der Waals surface area contributed by atoms with E-state index in [-0.39, 0.29) is 89.7 Å². The molecular formula is C63H89N7O10S2. The quantitative estimate of drug-likeness (QED) is 0.0542. The van der Waals surface area contributed by atoms with Crippen LogP contribution in [0.4, 0.5) is 0 Å². The maximum atomic E-state index is 14.3. The Hall–Kier alpha value is -6.02. The molecule has 0 saturated carbocycles. The molecule has 4 aromatic carbocycles. The van der Waals surface area contributed by atoms with E-state index in [4.69, 9.17) is 0 Å². The number of carbonyl (C=O) groups is 6. The van der Waals surface area contributed by atoms with Gasteiger partial charge in [0.1, 0.15) is 11.8 Å². The third-order valence-electron chi connectivity index (χ3n) is 16.5. The van der Waals surface area contributed by atoms with Crippen LogP contribution >= 0.6 is 0 Å². The number of nitrogens with zero attached hydrogens (tertiary/aromatic N) is 4. The zero-order valence-electron chi connectivity index (χ0n) is 49.9. The molecule has 0 radical (unpaired) electrons. The van der Waals surface area contributed by atoms with Crippen LogP contribution in [-0.2, 0) is 61.5 Å². The Kier molecular flexibility index (Phi) is 22.6. The predicted molar refractivity (Wildman–Crippen MR) is 321 cm³/mol. The van der Waals surface area contributed by atoms with E-state index in [9.17, 15) is 45.6 Å². The van der Waals surface area contributed by atoms with Gasteiger partial charge in [0.25, 0.3) is 0 Å². The fourth-order valence-electron chi connectivity index (χ4n) is 10.8. The van der Waals surface area contributed by atoms with Crippen molar-refractivity contribution in [3.63, 3.8) is 0 Å². The second-order valence-corrected chi connectivity index (χ2v) is 28.5. The van der Waals surface area contributed by atoms with Crippen LogP contribution in [0.5, 0.6) is 0 Å². The maximum absolute atomic E-state index is 14.3. The third-order valence-corrected chi connectivity index (χ3v) is 19.6. The summed E-state index contributed by atoms with van der Waals surface area (Å²) in [5.74, 6) is -2.77. The Morgan fingerprint density at radius 1 is 0.659 bits per heavy atom. The number of benzene rings is 4. The Balaban J connectivity index is 1.13. The molecule has 2 aliphatic rings. The minimum absolute atomic E-state index is 0.0351. The number of sulfone groups is 1. The molecule has 448 valence electrons. The molecule has 6 rings (SSSR count). The summed E-state index contributed by atoms with van der Waals surface area (Å²) < 4.78 is 58.4. The standard InChI is InChI=1S/C63H89N7O10S2/c1-11-44(2)59(74)66-58(63(7,8)9)61(76)70-34-19-25-51(70)42-67(35-30-46-20-14-12-15-21-46)56(72)32-37-81(77,78)52-28-26-49-39-53(29-27-48(49)38-52)82(79,80)65-41-57(73)68(36-31-47-22-16-13-17-23-47)43-50-24-18-33-69(50)60(75)54(62(4,5)6)40-55(71)45(3)64-10/h12-17,20-23,26-29,38-39,44-45,50-51,54,58,64-65H,11,18-19,24-25,30-37,40-43H2,1-10H3,(H,66,74)/t44-,45+,50+,51?,54-,58-/m1/s1. The first-order chi connectivity index (χ1) is 38.6. The van der Waals surface area contributed by atoms with E-state index in [2.05, 4.69) is 15.4 Å². The molecule has 5 amide bonds. The third kappa shape index (κ3) is 17.5. The van der Waals surface area contributed by atoms with Crippen LogP contribution in [-0.4, -0.2) is 155 Å². The number of nitrogens with one attached hydrogen (secondary N) is 3. The zero-order chi connectivity index (χ0) is 60.2. The average molecular weight is 1170 g/mol. The smallest absolute Gasteiger partial charge is 0.246 e. The molecule has 0 bridgehead atoms. The molecule has 2 saturated heterocycles. The average Bonchev–Trinajstić information content (AvgIpc) is 4.28. The van der Waals surface area contributed by atoms with E-state index in [0.29, 0.717) is 62.5 Å². The number of rotatable bonds is 27. The Morgan fingerprint density at radius 3 is 1.66 bits per heavy atom. The Morgan fingerprint density at radius 2 is 1.16 bits per heavy atom. The van der Waals surface area contributed by atoms with Crippen LogP contribution < -0.4 is 15.4 Å². The van der Waals surface area contributed by atoms with Crippen LogP contribution in [0.15, 0.2) is 107 Å².